The third kappa shape index (κ3) is 2.95. The Hall–Kier alpha value is -1.97. The summed E-state index contributed by atoms with van der Waals surface area (Å²) in [6.45, 7) is 1.29. The molecule has 1 aliphatic rings. The highest BCUT2D eigenvalue weighted by molar-refractivity contribution is 5.73. The molecule has 0 aromatic carbocycles. The summed E-state index contributed by atoms with van der Waals surface area (Å²) in [5.41, 5.74) is -1.21. The highest BCUT2D eigenvalue weighted by atomic mass is 16.6. The molecule has 2 heterocycles. The van der Waals surface area contributed by atoms with Crippen molar-refractivity contribution < 1.29 is 19.7 Å². The molecule has 1 aliphatic heterocycles. The summed E-state index contributed by atoms with van der Waals surface area (Å²) in [7, 11) is 0. The van der Waals surface area contributed by atoms with Gasteiger partial charge in [-0.1, -0.05) is 0 Å². The van der Waals surface area contributed by atoms with Gasteiger partial charge in [0.2, 0.25) is 5.91 Å². The molecule has 0 unspecified atom stereocenters. The Morgan fingerprint density at radius 3 is 2.80 bits per heavy atom. The lowest BCUT2D eigenvalue weighted by atomic mass is 10.1. The molecule has 4 N–H and O–H groups in total. The van der Waals surface area contributed by atoms with Crippen molar-refractivity contribution in [1.82, 2.24) is 14.9 Å². The van der Waals surface area contributed by atoms with Crippen LogP contribution < -0.4 is 16.6 Å². The molecule has 9 nitrogen and oxygen atoms in total. The first-order valence-corrected chi connectivity index (χ1v) is 5.98. The zero-order chi connectivity index (χ0) is 14.9. The summed E-state index contributed by atoms with van der Waals surface area (Å²) in [5, 5.41) is 21.0. The van der Waals surface area contributed by atoms with Crippen LogP contribution in [-0.2, 0) is 9.53 Å². The molecular weight excluding hydrogens is 270 g/mol. The first-order valence-electron chi connectivity index (χ1n) is 5.98. The van der Waals surface area contributed by atoms with Crippen molar-refractivity contribution in [1.29, 1.82) is 0 Å². The number of amides is 1. The molecule has 1 saturated heterocycles. The molecule has 20 heavy (non-hydrogen) atoms. The molecule has 1 fully saturated rings. The number of H-pyrrole nitrogens is 1. The van der Waals surface area contributed by atoms with Gasteiger partial charge >= 0.3 is 5.69 Å². The molecule has 0 spiro atoms. The van der Waals surface area contributed by atoms with E-state index >= 15 is 0 Å². The van der Waals surface area contributed by atoms with Crippen LogP contribution >= 0.6 is 0 Å². The third-order valence-electron chi connectivity index (χ3n) is 3.01. The van der Waals surface area contributed by atoms with E-state index in [0.29, 0.717) is 0 Å². The van der Waals surface area contributed by atoms with Gasteiger partial charge in [-0.05, 0) is 0 Å². The summed E-state index contributed by atoms with van der Waals surface area (Å²) in [6.07, 6.45) is -2.22. The van der Waals surface area contributed by atoms with E-state index in [2.05, 4.69) is 10.3 Å². The van der Waals surface area contributed by atoms with E-state index in [1.54, 1.807) is 0 Å². The van der Waals surface area contributed by atoms with Crippen LogP contribution in [0.1, 0.15) is 19.6 Å². The van der Waals surface area contributed by atoms with Gasteiger partial charge in [0.25, 0.3) is 5.56 Å². The number of hydrogen-bond acceptors (Lipinski definition) is 6. The normalized spacial score (nSPS) is 25.9. The van der Waals surface area contributed by atoms with Gasteiger partial charge in [-0.25, -0.2) is 4.79 Å². The summed E-state index contributed by atoms with van der Waals surface area (Å²) in [6, 6.07) is 0.511. The van der Waals surface area contributed by atoms with Gasteiger partial charge in [-0.15, -0.1) is 0 Å². The quantitative estimate of drug-likeness (QED) is 0.459. The number of aliphatic hydroxyl groups is 2. The number of aliphatic hydroxyl groups excluding tert-OH is 1. The topological polar surface area (TPSA) is 134 Å². The molecular formula is C11H15N3O6. The Kier molecular flexibility index (Phi) is 4.02. The Morgan fingerprint density at radius 1 is 1.55 bits per heavy atom. The second-order valence-corrected chi connectivity index (χ2v) is 4.53. The number of ether oxygens (including phenoxy) is 1. The van der Waals surface area contributed by atoms with Crippen LogP contribution in [0.2, 0.25) is 0 Å². The van der Waals surface area contributed by atoms with E-state index in [1.807, 2.05) is 0 Å². The van der Waals surface area contributed by atoms with Gasteiger partial charge in [0, 0.05) is 25.6 Å². The van der Waals surface area contributed by atoms with Crippen LogP contribution in [0, 0.1) is 0 Å². The largest absolute Gasteiger partial charge is 0.366 e. The summed E-state index contributed by atoms with van der Waals surface area (Å²) in [4.78, 5) is 35.8. The zero-order valence-electron chi connectivity index (χ0n) is 10.6. The number of aromatic amines is 1. The Bertz CT molecular complexity index is 607. The smallest absolute Gasteiger partial charge is 0.330 e. The van der Waals surface area contributed by atoms with Crippen molar-refractivity contribution in [2.24, 2.45) is 0 Å². The summed E-state index contributed by atoms with van der Waals surface area (Å²) >= 11 is 0. The molecule has 1 aromatic rings. The average Bonchev–Trinajstić information content (AvgIpc) is 2.71. The van der Waals surface area contributed by atoms with Crippen LogP contribution in [0.15, 0.2) is 21.9 Å². The van der Waals surface area contributed by atoms with Gasteiger partial charge in [-0.2, -0.15) is 0 Å². The number of nitrogens with zero attached hydrogens (tertiary/aromatic N) is 1. The average molecular weight is 285 g/mol. The molecule has 0 aliphatic carbocycles. The maximum absolute atomic E-state index is 11.6. The van der Waals surface area contributed by atoms with Crippen LogP contribution in [0.4, 0.5) is 0 Å². The van der Waals surface area contributed by atoms with Crippen molar-refractivity contribution in [3.05, 3.63) is 33.1 Å². The van der Waals surface area contributed by atoms with Gasteiger partial charge in [-0.3, -0.25) is 19.1 Å². The van der Waals surface area contributed by atoms with Gasteiger partial charge in [0.05, 0.1) is 6.04 Å². The van der Waals surface area contributed by atoms with E-state index in [-0.39, 0.29) is 12.3 Å². The fraction of sp³-hybridized carbons (Fsp3) is 0.545. The SMILES string of the molecule is CC(=O)N[C@H]1C[C@H](n2ccc(=O)[nH]c2=O)O[C@@H]1C(O)O. The van der Waals surface area contributed by atoms with Crippen LogP contribution in [0.3, 0.4) is 0 Å². The van der Waals surface area contributed by atoms with Crippen molar-refractivity contribution in [3.63, 3.8) is 0 Å². The molecule has 9 heteroatoms. The van der Waals surface area contributed by atoms with Crippen LogP contribution in [-0.4, -0.2) is 44.1 Å². The highest BCUT2D eigenvalue weighted by Crippen LogP contribution is 2.28. The number of aromatic nitrogens is 2. The van der Waals surface area contributed by atoms with Crippen molar-refractivity contribution in [2.45, 2.75) is 38.0 Å². The second-order valence-electron chi connectivity index (χ2n) is 4.53. The predicted octanol–water partition coefficient (Wildman–Crippen LogP) is -2.36. The molecule has 1 aromatic heterocycles. The maximum atomic E-state index is 11.6. The van der Waals surface area contributed by atoms with Crippen molar-refractivity contribution >= 4 is 5.91 Å². The van der Waals surface area contributed by atoms with E-state index in [4.69, 9.17) is 4.74 Å². The molecule has 1 amide bonds. The van der Waals surface area contributed by atoms with Gasteiger partial charge in [0.15, 0.2) is 6.29 Å². The lowest BCUT2D eigenvalue weighted by molar-refractivity contribution is -0.156. The maximum Gasteiger partial charge on any atom is 0.330 e. The number of carbonyl (C=O) groups excluding carboxylic acids is 1. The first kappa shape index (κ1) is 14.4. The molecule has 2 rings (SSSR count). The molecule has 0 bridgehead atoms. The zero-order valence-corrected chi connectivity index (χ0v) is 10.6. The van der Waals surface area contributed by atoms with Crippen LogP contribution in [0.5, 0.6) is 0 Å². The lowest BCUT2D eigenvalue weighted by Gasteiger charge is -2.20. The lowest BCUT2D eigenvalue weighted by Crippen LogP contribution is -2.45. The van der Waals surface area contributed by atoms with Crippen molar-refractivity contribution in [2.75, 3.05) is 0 Å². The van der Waals surface area contributed by atoms with Gasteiger partial charge < -0.3 is 20.3 Å². The molecule has 110 valence electrons. The second kappa shape index (κ2) is 5.57. The van der Waals surface area contributed by atoms with Crippen molar-refractivity contribution in [3.8, 4) is 0 Å². The minimum absolute atomic E-state index is 0.174. The fourth-order valence-corrected chi connectivity index (χ4v) is 2.20. The summed E-state index contributed by atoms with van der Waals surface area (Å²) in [5.74, 6) is -0.348. The predicted molar refractivity (Wildman–Crippen MR) is 65.7 cm³/mol. The molecule has 3 atom stereocenters. The minimum Gasteiger partial charge on any atom is -0.366 e. The third-order valence-corrected chi connectivity index (χ3v) is 3.01. The number of nitrogens with one attached hydrogen (secondary N) is 2. The molecule has 0 radical (unpaired) electrons. The summed E-state index contributed by atoms with van der Waals surface area (Å²) < 4.78 is 6.49. The Labute approximate surface area is 112 Å². The van der Waals surface area contributed by atoms with E-state index in [1.165, 1.54) is 13.1 Å². The standard InChI is InChI=1S/C11H15N3O6/c1-5(15)12-6-4-8(20-9(6)10(17)18)14-3-2-7(16)13-11(14)19/h2-3,6,8-10,17-18H,4H2,1H3,(H,12,15)(H,13,16,19)/t6-,8+,9-/m0/s1. The van der Waals surface area contributed by atoms with Gasteiger partial charge in [0.1, 0.15) is 12.3 Å². The van der Waals surface area contributed by atoms with Crippen LogP contribution in [0.25, 0.3) is 0 Å². The Balaban J connectivity index is 2.25. The number of carbonyl (C=O) groups is 1. The number of rotatable bonds is 3. The highest BCUT2D eigenvalue weighted by Gasteiger charge is 2.40. The van der Waals surface area contributed by atoms with E-state index in [0.717, 1.165) is 10.6 Å². The minimum atomic E-state index is -1.80. The fourth-order valence-electron chi connectivity index (χ4n) is 2.20. The molecule has 0 saturated carbocycles. The van der Waals surface area contributed by atoms with E-state index in [9.17, 15) is 24.6 Å². The Morgan fingerprint density at radius 2 is 2.25 bits per heavy atom. The number of hydrogen-bond donors (Lipinski definition) is 4. The van der Waals surface area contributed by atoms with E-state index < -0.39 is 35.9 Å². The first-order chi connectivity index (χ1) is 9.38. The monoisotopic (exact) mass is 285 g/mol.